The van der Waals surface area contributed by atoms with Gasteiger partial charge in [0.25, 0.3) is 0 Å². The molecule has 0 saturated heterocycles. The van der Waals surface area contributed by atoms with Crippen molar-refractivity contribution in [2.75, 3.05) is 6.61 Å². The lowest BCUT2D eigenvalue weighted by Crippen LogP contribution is -2.22. The zero-order chi connectivity index (χ0) is 25.5. The fourth-order valence-electron chi connectivity index (χ4n) is 3.58. The van der Waals surface area contributed by atoms with E-state index in [2.05, 4.69) is 0 Å². The SMILES string of the molecule is CCOC(=O)C(Oc1ccccc1-n1cccc1)c1ccc(CSc2cccc(C(F)(F)F)c2)cc1. The zero-order valence-electron chi connectivity index (χ0n) is 19.4. The fraction of sp³-hybridized carbons (Fsp3) is 0.179. The number of alkyl halides is 3. The maximum Gasteiger partial charge on any atom is 0.416 e. The minimum atomic E-state index is -4.37. The summed E-state index contributed by atoms with van der Waals surface area (Å²) in [4.78, 5) is 13.3. The maximum absolute atomic E-state index is 13.0. The second kappa shape index (κ2) is 11.4. The summed E-state index contributed by atoms with van der Waals surface area (Å²) in [5.74, 6) is 0.491. The largest absolute Gasteiger partial charge is 0.472 e. The van der Waals surface area contributed by atoms with E-state index in [1.807, 2.05) is 59.4 Å². The molecular formula is C28H24F3NO3S. The molecule has 0 N–H and O–H groups in total. The highest BCUT2D eigenvalue weighted by Gasteiger charge is 2.30. The van der Waals surface area contributed by atoms with E-state index in [9.17, 15) is 18.0 Å². The van der Waals surface area contributed by atoms with Gasteiger partial charge in [0.05, 0.1) is 17.9 Å². The number of hydrogen-bond acceptors (Lipinski definition) is 4. The molecule has 4 aromatic rings. The number of aromatic nitrogens is 1. The Balaban J connectivity index is 1.51. The van der Waals surface area contributed by atoms with Crippen LogP contribution in [0.3, 0.4) is 0 Å². The van der Waals surface area contributed by atoms with Crippen LogP contribution in [0.2, 0.25) is 0 Å². The number of carbonyl (C=O) groups is 1. The van der Waals surface area contributed by atoms with Crippen LogP contribution in [0.15, 0.2) is 102 Å². The van der Waals surface area contributed by atoms with Crippen LogP contribution in [0.1, 0.15) is 29.7 Å². The molecule has 4 nitrogen and oxygen atoms in total. The third kappa shape index (κ3) is 6.31. The molecule has 1 atom stereocenters. The third-order valence-corrected chi connectivity index (χ3v) is 6.41. The smallest absolute Gasteiger partial charge is 0.416 e. The molecule has 0 bridgehead atoms. The van der Waals surface area contributed by atoms with E-state index in [0.717, 1.165) is 23.4 Å². The lowest BCUT2D eigenvalue weighted by molar-refractivity contribution is -0.151. The highest BCUT2D eigenvalue weighted by atomic mass is 32.2. The summed E-state index contributed by atoms with van der Waals surface area (Å²) >= 11 is 1.31. The van der Waals surface area contributed by atoms with E-state index >= 15 is 0 Å². The van der Waals surface area contributed by atoms with Gasteiger partial charge in [0, 0.05) is 28.6 Å². The van der Waals surface area contributed by atoms with Gasteiger partial charge in [-0.15, -0.1) is 11.8 Å². The Bertz CT molecular complexity index is 1290. The predicted octanol–water partition coefficient (Wildman–Crippen LogP) is 7.47. The van der Waals surface area contributed by atoms with Crippen LogP contribution in [0.25, 0.3) is 5.69 Å². The summed E-state index contributed by atoms with van der Waals surface area (Å²) < 4.78 is 52.3. The van der Waals surface area contributed by atoms with Crippen LogP contribution in [-0.4, -0.2) is 17.1 Å². The van der Waals surface area contributed by atoms with Crippen molar-refractivity contribution in [3.8, 4) is 11.4 Å². The second-order valence-electron chi connectivity index (χ2n) is 7.86. The monoisotopic (exact) mass is 511 g/mol. The molecule has 0 aliphatic carbocycles. The van der Waals surface area contributed by atoms with Gasteiger partial charge < -0.3 is 14.0 Å². The summed E-state index contributed by atoms with van der Waals surface area (Å²) in [6.45, 7) is 1.94. The van der Waals surface area contributed by atoms with Crippen molar-refractivity contribution in [2.45, 2.75) is 29.9 Å². The Hall–Kier alpha value is -3.65. The number of para-hydroxylation sites is 2. The average Bonchev–Trinajstić information content (AvgIpc) is 3.41. The van der Waals surface area contributed by atoms with E-state index in [1.54, 1.807) is 31.2 Å². The highest BCUT2D eigenvalue weighted by Crippen LogP contribution is 2.33. The Morgan fingerprint density at radius 3 is 2.36 bits per heavy atom. The Morgan fingerprint density at radius 1 is 0.944 bits per heavy atom. The molecule has 0 amide bonds. The molecule has 1 aromatic heterocycles. The summed E-state index contributed by atoms with van der Waals surface area (Å²) in [5.41, 5.74) is 1.63. The van der Waals surface area contributed by atoms with Crippen molar-refractivity contribution in [3.05, 3.63) is 114 Å². The van der Waals surface area contributed by atoms with Crippen LogP contribution in [-0.2, 0) is 21.5 Å². The van der Waals surface area contributed by atoms with Crippen molar-refractivity contribution >= 4 is 17.7 Å². The molecule has 4 rings (SSSR count). The number of benzene rings is 3. The normalized spacial score (nSPS) is 12.2. The fourth-order valence-corrected chi connectivity index (χ4v) is 4.49. The Labute approximate surface area is 211 Å². The number of thioether (sulfide) groups is 1. The minimum absolute atomic E-state index is 0.212. The molecule has 1 unspecified atom stereocenters. The summed E-state index contributed by atoms with van der Waals surface area (Å²) in [7, 11) is 0. The summed E-state index contributed by atoms with van der Waals surface area (Å²) in [5, 5.41) is 0. The highest BCUT2D eigenvalue weighted by molar-refractivity contribution is 7.98. The molecule has 0 radical (unpaired) electrons. The van der Waals surface area contributed by atoms with Crippen molar-refractivity contribution in [1.82, 2.24) is 4.57 Å². The lowest BCUT2D eigenvalue weighted by atomic mass is 10.1. The van der Waals surface area contributed by atoms with Gasteiger partial charge in [-0.3, -0.25) is 0 Å². The first kappa shape index (κ1) is 25.4. The lowest BCUT2D eigenvalue weighted by Gasteiger charge is -2.20. The minimum Gasteiger partial charge on any atom is -0.472 e. The molecule has 0 fully saturated rings. The van der Waals surface area contributed by atoms with Gasteiger partial charge in [0.2, 0.25) is 6.10 Å². The molecule has 186 valence electrons. The van der Waals surface area contributed by atoms with Crippen LogP contribution in [0.5, 0.6) is 5.75 Å². The van der Waals surface area contributed by atoms with Gasteiger partial charge in [0.1, 0.15) is 5.75 Å². The van der Waals surface area contributed by atoms with Crippen molar-refractivity contribution in [2.24, 2.45) is 0 Å². The number of nitrogens with zero attached hydrogens (tertiary/aromatic N) is 1. The van der Waals surface area contributed by atoms with E-state index in [-0.39, 0.29) is 6.61 Å². The van der Waals surface area contributed by atoms with Crippen molar-refractivity contribution in [3.63, 3.8) is 0 Å². The van der Waals surface area contributed by atoms with Gasteiger partial charge in [-0.2, -0.15) is 13.2 Å². The maximum atomic E-state index is 13.0. The first-order valence-electron chi connectivity index (χ1n) is 11.3. The van der Waals surface area contributed by atoms with Crippen molar-refractivity contribution in [1.29, 1.82) is 0 Å². The number of carbonyl (C=O) groups excluding carboxylic acids is 1. The first-order valence-corrected chi connectivity index (χ1v) is 12.3. The van der Waals surface area contributed by atoms with E-state index in [4.69, 9.17) is 9.47 Å². The topological polar surface area (TPSA) is 40.5 Å². The molecule has 1 heterocycles. The molecule has 0 aliphatic heterocycles. The van der Waals surface area contributed by atoms with E-state index < -0.39 is 23.8 Å². The van der Waals surface area contributed by atoms with Gasteiger partial charge in [-0.25, -0.2) is 4.79 Å². The van der Waals surface area contributed by atoms with Crippen LogP contribution < -0.4 is 4.74 Å². The third-order valence-electron chi connectivity index (χ3n) is 5.34. The predicted molar refractivity (Wildman–Crippen MR) is 133 cm³/mol. The van der Waals surface area contributed by atoms with Crippen LogP contribution >= 0.6 is 11.8 Å². The van der Waals surface area contributed by atoms with E-state index in [1.165, 1.54) is 17.8 Å². The molecular weight excluding hydrogens is 487 g/mol. The standard InChI is InChI=1S/C28H24F3NO3S/c1-2-34-27(33)26(35-25-11-4-3-10-24(25)32-16-5-6-17-32)21-14-12-20(13-15-21)19-36-23-9-7-8-22(18-23)28(29,30)31/h3-18,26H,2,19H2,1H3. The second-order valence-corrected chi connectivity index (χ2v) is 8.91. The van der Waals surface area contributed by atoms with E-state index in [0.29, 0.717) is 22.0 Å². The number of ether oxygens (including phenoxy) is 2. The summed E-state index contributed by atoms with van der Waals surface area (Å²) in [6, 6.07) is 23.7. The number of esters is 1. The van der Waals surface area contributed by atoms with Crippen molar-refractivity contribution < 1.29 is 27.4 Å². The van der Waals surface area contributed by atoms with Crippen LogP contribution in [0.4, 0.5) is 13.2 Å². The molecule has 36 heavy (non-hydrogen) atoms. The number of rotatable bonds is 9. The molecule has 0 saturated carbocycles. The first-order chi connectivity index (χ1) is 17.3. The van der Waals surface area contributed by atoms with Gasteiger partial charge in [0.15, 0.2) is 0 Å². The number of hydrogen-bond donors (Lipinski definition) is 0. The molecule has 8 heteroatoms. The van der Waals surface area contributed by atoms with Gasteiger partial charge in [-0.1, -0.05) is 42.5 Å². The molecule has 0 spiro atoms. The summed E-state index contributed by atoms with van der Waals surface area (Å²) in [6.07, 6.45) is -1.58. The Kier molecular flexibility index (Phi) is 8.05. The van der Waals surface area contributed by atoms with Gasteiger partial charge >= 0.3 is 12.1 Å². The number of halogens is 3. The molecule has 3 aromatic carbocycles. The van der Waals surface area contributed by atoms with Gasteiger partial charge in [-0.05, 0) is 55.0 Å². The zero-order valence-corrected chi connectivity index (χ0v) is 20.3. The molecule has 0 aliphatic rings. The average molecular weight is 512 g/mol. The Morgan fingerprint density at radius 2 is 1.67 bits per heavy atom. The quantitative estimate of drug-likeness (QED) is 0.173. The van der Waals surface area contributed by atoms with Crippen LogP contribution in [0, 0.1) is 0 Å².